The van der Waals surface area contributed by atoms with Gasteiger partial charge in [0.25, 0.3) is 0 Å². The standard InChI is InChI=1S/C11H15ClN2S/c12-11-3-1-2-9(14-11)8-15-10-4-6-13-7-5-10/h1-3,10,13H,4-8H2. The molecule has 1 aromatic rings. The van der Waals surface area contributed by atoms with Crippen molar-refractivity contribution in [1.29, 1.82) is 0 Å². The van der Waals surface area contributed by atoms with Crippen LogP contribution in [0.25, 0.3) is 0 Å². The number of halogens is 1. The van der Waals surface area contributed by atoms with Crippen molar-refractivity contribution in [3.8, 4) is 0 Å². The van der Waals surface area contributed by atoms with Crippen LogP contribution < -0.4 is 5.32 Å². The fourth-order valence-corrected chi connectivity index (χ4v) is 3.01. The molecule has 0 radical (unpaired) electrons. The summed E-state index contributed by atoms with van der Waals surface area (Å²) in [5.41, 5.74) is 1.09. The van der Waals surface area contributed by atoms with Crippen molar-refractivity contribution in [2.75, 3.05) is 13.1 Å². The van der Waals surface area contributed by atoms with Crippen LogP contribution in [-0.2, 0) is 5.75 Å². The molecule has 0 saturated carbocycles. The fraction of sp³-hybridized carbons (Fsp3) is 0.545. The number of pyridine rings is 1. The van der Waals surface area contributed by atoms with Gasteiger partial charge in [-0.2, -0.15) is 11.8 Å². The molecule has 82 valence electrons. The Hall–Kier alpha value is -0.250. The number of aromatic nitrogens is 1. The summed E-state index contributed by atoms with van der Waals surface area (Å²) in [6.45, 7) is 2.31. The Balaban J connectivity index is 1.81. The molecule has 0 unspecified atom stereocenters. The van der Waals surface area contributed by atoms with Gasteiger partial charge in [0, 0.05) is 11.0 Å². The van der Waals surface area contributed by atoms with Gasteiger partial charge in [-0.3, -0.25) is 0 Å². The Bertz CT molecular complexity index is 313. The number of nitrogens with one attached hydrogen (secondary N) is 1. The molecular formula is C11H15ClN2S. The minimum absolute atomic E-state index is 0.596. The van der Waals surface area contributed by atoms with E-state index in [0.29, 0.717) is 5.15 Å². The highest BCUT2D eigenvalue weighted by atomic mass is 35.5. The second kappa shape index (κ2) is 5.73. The molecule has 2 rings (SSSR count). The van der Waals surface area contributed by atoms with Crippen molar-refractivity contribution in [3.05, 3.63) is 29.0 Å². The molecule has 0 aromatic carbocycles. The molecule has 15 heavy (non-hydrogen) atoms. The monoisotopic (exact) mass is 242 g/mol. The molecule has 2 heterocycles. The van der Waals surface area contributed by atoms with Gasteiger partial charge < -0.3 is 5.32 Å². The molecule has 4 heteroatoms. The van der Waals surface area contributed by atoms with Crippen molar-refractivity contribution in [1.82, 2.24) is 10.3 Å². The van der Waals surface area contributed by atoms with Gasteiger partial charge in [0.05, 0.1) is 5.69 Å². The average Bonchev–Trinajstić information content (AvgIpc) is 2.28. The largest absolute Gasteiger partial charge is 0.317 e. The molecule has 1 aliphatic rings. The minimum Gasteiger partial charge on any atom is -0.317 e. The third-order valence-electron chi connectivity index (χ3n) is 2.53. The van der Waals surface area contributed by atoms with E-state index in [1.165, 1.54) is 12.8 Å². The van der Waals surface area contributed by atoms with Crippen molar-refractivity contribution in [2.24, 2.45) is 0 Å². The Morgan fingerprint density at radius 3 is 2.93 bits per heavy atom. The van der Waals surface area contributed by atoms with Gasteiger partial charge in [0.1, 0.15) is 5.15 Å². The lowest BCUT2D eigenvalue weighted by atomic mass is 10.2. The van der Waals surface area contributed by atoms with Crippen LogP contribution in [-0.4, -0.2) is 23.3 Å². The van der Waals surface area contributed by atoms with Gasteiger partial charge in [-0.05, 0) is 38.1 Å². The van der Waals surface area contributed by atoms with Gasteiger partial charge in [-0.25, -0.2) is 4.98 Å². The molecule has 0 atom stereocenters. The Morgan fingerprint density at radius 2 is 2.20 bits per heavy atom. The number of piperidine rings is 1. The van der Waals surface area contributed by atoms with Crippen LogP contribution in [0.2, 0.25) is 5.15 Å². The molecule has 1 aromatic heterocycles. The highest BCUT2D eigenvalue weighted by Crippen LogP contribution is 2.23. The summed E-state index contributed by atoms with van der Waals surface area (Å²) >= 11 is 7.83. The minimum atomic E-state index is 0.596. The lowest BCUT2D eigenvalue weighted by Crippen LogP contribution is -2.29. The van der Waals surface area contributed by atoms with Crippen LogP contribution in [0.3, 0.4) is 0 Å². The SMILES string of the molecule is Clc1cccc(CSC2CCNCC2)n1. The van der Waals surface area contributed by atoms with E-state index in [1.807, 2.05) is 30.0 Å². The fourth-order valence-electron chi connectivity index (χ4n) is 1.70. The zero-order chi connectivity index (χ0) is 10.5. The highest BCUT2D eigenvalue weighted by molar-refractivity contribution is 7.99. The predicted molar refractivity (Wildman–Crippen MR) is 66.4 cm³/mol. The number of thioether (sulfide) groups is 1. The van der Waals surface area contributed by atoms with Crippen LogP contribution in [0.1, 0.15) is 18.5 Å². The Labute approximate surface area is 99.8 Å². The van der Waals surface area contributed by atoms with E-state index in [0.717, 1.165) is 29.8 Å². The van der Waals surface area contributed by atoms with E-state index in [-0.39, 0.29) is 0 Å². The van der Waals surface area contributed by atoms with Crippen LogP contribution in [0.4, 0.5) is 0 Å². The van der Waals surface area contributed by atoms with Crippen molar-refractivity contribution in [3.63, 3.8) is 0 Å². The normalized spacial score (nSPS) is 17.9. The molecule has 1 saturated heterocycles. The summed E-state index contributed by atoms with van der Waals surface area (Å²) in [6.07, 6.45) is 2.54. The average molecular weight is 243 g/mol. The molecule has 1 aliphatic heterocycles. The first-order chi connectivity index (χ1) is 7.34. The van der Waals surface area contributed by atoms with Gasteiger partial charge in [-0.15, -0.1) is 0 Å². The van der Waals surface area contributed by atoms with Crippen molar-refractivity contribution in [2.45, 2.75) is 23.8 Å². The van der Waals surface area contributed by atoms with E-state index in [9.17, 15) is 0 Å². The van der Waals surface area contributed by atoms with Crippen molar-refractivity contribution >= 4 is 23.4 Å². The van der Waals surface area contributed by atoms with Crippen LogP contribution in [0, 0.1) is 0 Å². The van der Waals surface area contributed by atoms with Gasteiger partial charge in [-0.1, -0.05) is 17.7 Å². The first-order valence-corrected chi connectivity index (χ1v) is 6.71. The summed E-state index contributed by atoms with van der Waals surface area (Å²) in [4.78, 5) is 4.29. The molecule has 0 amide bonds. The third kappa shape index (κ3) is 3.67. The molecule has 1 fully saturated rings. The number of nitrogens with zero attached hydrogens (tertiary/aromatic N) is 1. The molecule has 2 nitrogen and oxygen atoms in total. The van der Waals surface area contributed by atoms with Crippen molar-refractivity contribution < 1.29 is 0 Å². The maximum absolute atomic E-state index is 5.84. The van der Waals surface area contributed by atoms with Crippen LogP contribution in [0.15, 0.2) is 18.2 Å². The topological polar surface area (TPSA) is 24.9 Å². The number of rotatable bonds is 3. The van der Waals surface area contributed by atoms with E-state index in [1.54, 1.807) is 0 Å². The summed E-state index contributed by atoms with van der Waals surface area (Å²) in [5, 5.41) is 4.75. The van der Waals surface area contributed by atoms with E-state index in [4.69, 9.17) is 11.6 Å². The predicted octanol–water partition coefficient (Wildman–Crippen LogP) is 2.72. The van der Waals surface area contributed by atoms with E-state index < -0.39 is 0 Å². The molecule has 0 spiro atoms. The summed E-state index contributed by atoms with van der Waals surface area (Å²) in [6, 6.07) is 5.83. The first-order valence-electron chi connectivity index (χ1n) is 5.28. The lowest BCUT2D eigenvalue weighted by molar-refractivity contribution is 0.531. The smallest absolute Gasteiger partial charge is 0.129 e. The first kappa shape index (κ1) is 11.2. The molecule has 0 bridgehead atoms. The van der Waals surface area contributed by atoms with E-state index >= 15 is 0 Å². The zero-order valence-corrected chi connectivity index (χ0v) is 10.2. The number of hydrogen-bond donors (Lipinski definition) is 1. The summed E-state index contributed by atoms with van der Waals surface area (Å²) in [7, 11) is 0. The highest BCUT2D eigenvalue weighted by Gasteiger charge is 2.13. The quantitative estimate of drug-likeness (QED) is 0.826. The summed E-state index contributed by atoms with van der Waals surface area (Å²) in [5.74, 6) is 0.977. The maximum Gasteiger partial charge on any atom is 0.129 e. The molecule has 0 aliphatic carbocycles. The van der Waals surface area contributed by atoms with Gasteiger partial charge in [0.2, 0.25) is 0 Å². The van der Waals surface area contributed by atoms with Crippen LogP contribution in [0.5, 0.6) is 0 Å². The zero-order valence-electron chi connectivity index (χ0n) is 8.58. The van der Waals surface area contributed by atoms with E-state index in [2.05, 4.69) is 10.3 Å². The van der Waals surface area contributed by atoms with Gasteiger partial charge in [0.15, 0.2) is 0 Å². The second-order valence-corrected chi connectivity index (χ2v) is 5.39. The Morgan fingerprint density at radius 1 is 1.40 bits per heavy atom. The Kier molecular flexibility index (Phi) is 4.29. The van der Waals surface area contributed by atoms with Gasteiger partial charge >= 0.3 is 0 Å². The maximum atomic E-state index is 5.84. The van der Waals surface area contributed by atoms with Crippen LogP contribution >= 0.6 is 23.4 Å². The summed E-state index contributed by atoms with van der Waals surface area (Å²) < 4.78 is 0. The number of hydrogen-bond acceptors (Lipinski definition) is 3. The molecule has 1 N–H and O–H groups in total. The second-order valence-electron chi connectivity index (χ2n) is 3.71. The lowest BCUT2D eigenvalue weighted by Gasteiger charge is -2.21. The molecular weight excluding hydrogens is 228 g/mol. The third-order valence-corrected chi connectivity index (χ3v) is 4.14.